The molecule has 2 rings (SSSR count). The van der Waals surface area contributed by atoms with Crippen molar-refractivity contribution in [1.82, 2.24) is 4.90 Å². The second kappa shape index (κ2) is 4.78. The summed E-state index contributed by atoms with van der Waals surface area (Å²) in [5.41, 5.74) is 3.08. The van der Waals surface area contributed by atoms with Crippen LogP contribution in [0.4, 0.5) is 5.69 Å². The molecule has 1 aliphatic heterocycles. The Labute approximate surface area is 103 Å². The van der Waals surface area contributed by atoms with Crippen molar-refractivity contribution in [3.63, 3.8) is 0 Å². The van der Waals surface area contributed by atoms with Gasteiger partial charge in [-0.15, -0.1) is 0 Å². The van der Waals surface area contributed by atoms with Gasteiger partial charge in [0, 0.05) is 30.9 Å². The minimum absolute atomic E-state index is 0.184. The van der Waals surface area contributed by atoms with Crippen LogP contribution in [0.2, 0.25) is 0 Å². The molecule has 1 aromatic carbocycles. The molecule has 3 nitrogen and oxygen atoms in total. The van der Waals surface area contributed by atoms with Crippen molar-refractivity contribution in [2.24, 2.45) is 0 Å². The van der Waals surface area contributed by atoms with Gasteiger partial charge in [0.15, 0.2) is 0 Å². The SMILES string of the molecule is CCCC(C)N1Cc2cc(NC)ccc2C1=O. The Morgan fingerprint density at radius 1 is 1.47 bits per heavy atom. The zero-order chi connectivity index (χ0) is 12.4. The summed E-state index contributed by atoms with van der Waals surface area (Å²) in [7, 11) is 1.90. The third-order valence-corrected chi connectivity index (χ3v) is 3.46. The first-order valence-corrected chi connectivity index (χ1v) is 6.29. The van der Waals surface area contributed by atoms with Crippen molar-refractivity contribution in [1.29, 1.82) is 0 Å². The largest absolute Gasteiger partial charge is 0.388 e. The minimum Gasteiger partial charge on any atom is -0.388 e. The Kier molecular flexibility index (Phi) is 3.36. The summed E-state index contributed by atoms with van der Waals surface area (Å²) < 4.78 is 0. The normalized spacial score (nSPS) is 15.9. The van der Waals surface area contributed by atoms with Crippen LogP contribution in [-0.4, -0.2) is 23.9 Å². The fourth-order valence-corrected chi connectivity index (χ4v) is 2.43. The highest BCUT2D eigenvalue weighted by atomic mass is 16.2. The topological polar surface area (TPSA) is 32.3 Å². The van der Waals surface area contributed by atoms with Gasteiger partial charge >= 0.3 is 0 Å². The van der Waals surface area contributed by atoms with E-state index in [4.69, 9.17) is 0 Å². The zero-order valence-corrected chi connectivity index (χ0v) is 10.8. The van der Waals surface area contributed by atoms with Crippen molar-refractivity contribution >= 4 is 11.6 Å². The van der Waals surface area contributed by atoms with Crippen molar-refractivity contribution in [2.45, 2.75) is 39.3 Å². The molecule has 1 aromatic rings. The predicted molar refractivity (Wildman–Crippen MR) is 70.2 cm³/mol. The van der Waals surface area contributed by atoms with E-state index in [1.807, 2.05) is 24.1 Å². The number of hydrogen-bond acceptors (Lipinski definition) is 2. The summed E-state index contributed by atoms with van der Waals surface area (Å²) >= 11 is 0. The Morgan fingerprint density at radius 3 is 2.88 bits per heavy atom. The van der Waals surface area contributed by atoms with Gasteiger partial charge in [0.2, 0.25) is 0 Å². The number of amides is 1. The van der Waals surface area contributed by atoms with E-state index in [-0.39, 0.29) is 5.91 Å². The molecule has 0 aromatic heterocycles. The average molecular weight is 232 g/mol. The van der Waals surface area contributed by atoms with E-state index in [1.54, 1.807) is 0 Å². The number of carbonyl (C=O) groups is 1. The van der Waals surface area contributed by atoms with Crippen molar-refractivity contribution in [3.05, 3.63) is 29.3 Å². The predicted octanol–water partition coefficient (Wildman–Crippen LogP) is 2.87. The van der Waals surface area contributed by atoms with Crippen LogP contribution in [0.3, 0.4) is 0 Å². The Hall–Kier alpha value is -1.51. The monoisotopic (exact) mass is 232 g/mol. The van der Waals surface area contributed by atoms with Crippen LogP contribution in [0, 0.1) is 0 Å². The van der Waals surface area contributed by atoms with Gasteiger partial charge in [-0.05, 0) is 37.1 Å². The molecule has 0 radical (unpaired) electrons. The molecule has 0 aliphatic carbocycles. The molecule has 0 spiro atoms. The lowest BCUT2D eigenvalue weighted by Gasteiger charge is -2.23. The molecule has 1 N–H and O–H groups in total. The van der Waals surface area contributed by atoms with E-state index in [2.05, 4.69) is 25.2 Å². The van der Waals surface area contributed by atoms with Crippen LogP contribution in [0.25, 0.3) is 0 Å². The lowest BCUT2D eigenvalue weighted by atomic mass is 10.1. The fourth-order valence-electron chi connectivity index (χ4n) is 2.43. The van der Waals surface area contributed by atoms with Crippen LogP contribution in [0.15, 0.2) is 18.2 Å². The Balaban J connectivity index is 2.23. The van der Waals surface area contributed by atoms with Gasteiger partial charge < -0.3 is 10.2 Å². The van der Waals surface area contributed by atoms with Gasteiger partial charge in [0.05, 0.1) is 0 Å². The molecule has 0 saturated heterocycles. The first kappa shape index (κ1) is 12.0. The molecule has 0 saturated carbocycles. The van der Waals surface area contributed by atoms with Crippen molar-refractivity contribution in [2.75, 3.05) is 12.4 Å². The highest BCUT2D eigenvalue weighted by Gasteiger charge is 2.30. The molecule has 1 atom stereocenters. The van der Waals surface area contributed by atoms with E-state index in [1.165, 1.54) is 0 Å². The van der Waals surface area contributed by atoms with Crippen LogP contribution in [0.5, 0.6) is 0 Å². The molecule has 3 heteroatoms. The molecule has 92 valence electrons. The number of carbonyl (C=O) groups excluding carboxylic acids is 1. The molecule has 1 aliphatic rings. The van der Waals surface area contributed by atoms with E-state index >= 15 is 0 Å². The number of nitrogens with one attached hydrogen (secondary N) is 1. The van der Waals surface area contributed by atoms with Gasteiger partial charge in [-0.25, -0.2) is 0 Å². The average Bonchev–Trinajstić information content (AvgIpc) is 2.66. The zero-order valence-electron chi connectivity index (χ0n) is 10.8. The Morgan fingerprint density at radius 2 is 2.24 bits per heavy atom. The van der Waals surface area contributed by atoms with Gasteiger partial charge in [-0.2, -0.15) is 0 Å². The standard InChI is InChI=1S/C14H20N2O/c1-4-5-10(2)16-9-11-8-12(15-3)6-7-13(11)14(16)17/h6-8,10,15H,4-5,9H2,1-3H3. The molecular weight excluding hydrogens is 212 g/mol. The number of fused-ring (bicyclic) bond motifs is 1. The molecule has 0 bridgehead atoms. The lowest BCUT2D eigenvalue weighted by molar-refractivity contribution is 0.0709. The lowest BCUT2D eigenvalue weighted by Crippen LogP contribution is -2.33. The minimum atomic E-state index is 0.184. The van der Waals surface area contributed by atoms with E-state index in [0.29, 0.717) is 6.04 Å². The van der Waals surface area contributed by atoms with Gasteiger partial charge in [0.1, 0.15) is 0 Å². The summed E-state index contributed by atoms with van der Waals surface area (Å²) in [6.07, 6.45) is 2.18. The third kappa shape index (κ3) is 2.14. The first-order valence-electron chi connectivity index (χ1n) is 6.29. The van der Waals surface area contributed by atoms with Gasteiger partial charge in [0.25, 0.3) is 5.91 Å². The first-order chi connectivity index (χ1) is 8.17. The summed E-state index contributed by atoms with van der Waals surface area (Å²) in [6.45, 7) is 5.04. The van der Waals surface area contributed by atoms with Crippen molar-refractivity contribution < 1.29 is 4.79 Å². The van der Waals surface area contributed by atoms with Crippen LogP contribution < -0.4 is 5.32 Å². The molecule has 1 amide bonds. The smallest absolute Gasteiger partial charge is 0.254 e. The summed E-state index contributed by atoms with van der Waals surface area (Å²) in [6, 6.07) is 6.30. The summed E-state index contributed by atoms with van der Waals surface area (Å²) in [5.74, 6) is 0.184. The maximum atomic E-state index is 12.2. The maximum absolute atomic E-state index is 12.2. The summed E-state index contributed by atoms with van der Waals surface area (Å²) in [4.78, 5) is 14.2. The highest BCUT2D eigenvalue weighted by Crippen LogP contribution is 2.28. The quantitative estimate of drug-likeness (QED) is 0.865. The number of hydrogen-bond donors (Lipinski definition) is 1. The van der Waals surface area contributed by atoms with Gasteiger partial charge in [-0.1, -0.05) is 13.3 Å². The summed E-state index contributed by atoms with van der Waals surface area (Å²) in [5, 5.41) is 3.11. The van der Waals surface area contributed by atoms with Crippen LogP contribution >= 0.6 is 0 Å². The highest BCUT2D eigenvalue weighted by molar-refractivity contribution is 5.99. The second-order valence-corrected chi connectivity index (χ2v) is 4.69. The Bertz CT molecular complexity index is 428. The number of nitrogens with zero attached hydrogens (tertiary/aromatic N) is 1. The molecule has 1 unspecified atom stereocenters. The molecular formula is C14H20N2O. The van der Waals surface area contributed by atoms with Crippen LogP contribution in [0.1, 0.15) is 42.6 Å². The van der Waals surface area contributed by atoms with Crippen molar-refractivity contribution in [3.8, 4) is 0 Å². The molecule has 0 fully saturated rings. The number of anilines is 1. The molecule has 1 heterocycles. The second-order valence-electron chi connectivity index (χ2n) is 4.69. The number of rotatable bonds is 4. The van der Waals surface area contributed by atoms with E-state index in [0.717, 1.165) is 36.2 Å². The number of benzene rings is 1. The maximum Gasteiger partial charge on any atom is 0.254 e. The van der Waals surface area contributed by atoms with E-state index < -0.39 is 0 Å². The molecule has 17 heavy (non-hydrogen) atoms. The van der Waals surface area contributed by atoms with E-state index in [9.17, 15) is 4.79 Å². The van der Waals surface area contributed by atoms with Crippen LogP contribution in [-0.2, 0) is 6.54 Å². The van der Waals surface area contributed by atoms with Gasteiger partial charge in [-0.3, -0.25) is 4.79 Å². The third-order valence-electron chi connectivity index (χ3n) is 3.46. The fraction of sp³-hybridized carbons (Fsp3) is 0.500.